The van der Waals surface area contributed by atoms with Gasteiger partial charge in [0.2, 0.25) is 5.88 Å². The van der Waals surface area contributed by atoms with Crippen LogP contribution < -0.4 is 10.5 Å². The molecule has 1 rings (SSSR count). The normalized spacial score (nSPS) is 11.6. The van der Waals surface area contributed by atoms with Crippen LogP contribution in [-0.4, -0.2) is 29.8 Å². The van der Waals surface area contributed by atoms with Crippen molar-refractivity contribution in [3.8, 4) is 5.88 Å². The van der Waals surface area contributed by atoms with E-state index in [0.717, 1.165) is 5.56 Å². The summed E-state index contributed by atoms with van der Waals surface area (Å²) in [7, 11) is 1.57. The molecule has 0 aliphatic heterocycles. The van der Waals surface area contributed by atoms with E-state index in [4.69, 9.17) is 15.6 Å². The first-order valence-electron chi connectivity index (χ1n) is 4.12. The minimum Gasteiger partial charge on any atom is -0.481 e. The number of hydrogen-bond acceptors (Lipinski definition) is 4. The molecule has 0 radical (unpaired) electrons. The van der Waals surface area contributed by atoms with Crippen molar-refractivity contribution in [2.24, 2.45) is 5.73 Å². The number of rotatable bonds is 4. The van der Waals surface area contributed by atoms with Gasteiger partial charge in [-0.3, -0.25) is 0 Å². The Kier molecular flexibility index (Phi) is 6.19. The van der Waals surface area contributed by atoms with E-state index in [1.54, 1.807) is 13.3 Å². The van der Waals surface area contributed by atoms with Crippen molar-refractivity contribution in [1.29, 1.82) is 0 Å². The van der Waals surface area contributed by atoms with Crippen molar-refractivity contribution in [1.82, 2.24) is 4.98 Å². The first kappa shape index (κ1) is 13.2. The zero-order valence-electron chi connectivity index (χ0n) is 8.01. The summed E-state index contributed by atoms with van der Waals surface area (Å²) >= 11 is 0. The van der Waals surface area contributed by atoms with Crippen LogP contribution in [0.1, 0.15) is 5.56 Å². The molecule has 1 atom stereocenters. The van der Waals surface area contributed by atoms with Gasteiger partial charge < -0.3 is 15.6 Å². The summed E-state index contributed by atoms with van der Waals surface area (Å²) < 4.78 is 5.04. The summed E-state index contributed by atoms with van der Waals surface area (Å²) in [6.07, 6.45) is 2.24. The Morgan fingerprint density at radius 2 is 2.36 bits per heavy atom. The van der Waals surface area contributed by atoms with Crippen LogP contribution in [0, 0.1) is 0 Å². The SMILES string of the molecule is COc1ncccc1CC(N)CO.Cl. The largest absolute Gasteiger partial charge is 0.481 e. The lowest BCUT2D eigenvalue weighted by atomic mass is 10.1. The molecule has 14 heavy (non-hydrogen) atoms. The van der Waals surface area contributed by atoms with E-state index < -0.39 is 0 Å². The van der Waals surface area contributed by atoms with Gasteiger partial charge in [0.15, 0.2) is 0 Å². The van der Waals surface area contributed by atoms with Gasteiger partial charge in [-0.05, 0) is 12.5 Å². The topological polar surface area (TPSA) is 68.4 Å². The third-order valence-corrected chi connectivity index (χ3v) is 1.76. The first-order valence-corrected chi connectivity index (χ1v) is 4.12. The lowest BCUT2D eigenvalue weighted by molar-refractivity contribution is 0.264. The third-order valence-electron chi connectivity index (χ3n) is 1.76. The molecule has 0 bridgehead atoms. The van der Waals surface area contributed by atoms with Crippen molar-refractivity contribution in [3.63, 3.8) is 0 Å². The van der Waals surface area contributed by atoms with Crippen LogP contribution in [0.15, 0.2) is 18.3 Å². The highest BCUT2D eigenvalue weighted by molar-refractivity contribution is 5.85. The van der Waals surface area contributed by atoms with Gasteiger partial charge in [-0.1, -0.05) is 6.07 Å². The van der Waals surface area contributed by atoms with E-state index in [-0.39, 0.29) is 25.1 Å². The number of hydrogen-bond donors (Lipinski definition) is 2. The molecule has 0 aliphatic rings. The summed E-state index contributed by atoms with van der Waals surface area (Å²) in [5.41, 5.74) is 6.52. The zero-order valence-corrected chi connectivity index (χ0v) is 8.83. The molecule has 1 unspecified atom stereocenters. The van der Waals surface area contributed by atoms with Crippen LogP contribution in [0.25, 0.3) is 0 Å². The van der Waals surface area contributed by atoms with Gasteiger partial charge in [0.05, 0.1) is 13.7 Å². The van der Waals surface area contributed by atoms with Gasteiger partial charge in [-0.15, -0.1) is 12.4 Å². The monoisotopic (exact) mass is 218 g/mol. The quantitative estimate of drug-likeness (QED) is 0.767. The summed E-state index contributed by atoms with van der Waals surface area (Å²) in [4.78, 5) is 4.03. The lowest BCUT2D eigenvalue weighted by Gasteiger charge is -2.10. The molecular formula is C9H15ClN2O2. The maximum absolute atomic E-state index is 8.77. The second-order valence-electron chi connectivity index (χ2n) is 2.82. The Hall–Kier alpha value is -0.840. The van der Waals surface area contributed by atoms with Crippen molar-refractivity contribution < 1.29 is 9.84 Å². The van der Waals surface area contributed by atoms with Crippen LogP contribution in [-0.2, 0) is 6.42 Å². The molecule has 0 aliphatic carbocycles. The van der Waals surface area contributed by atoms with Gasteiger partial charge in [0, 0.05) is 17.8 Å². The van der Waals surface area contributed by atoms with Crippen LogP contribution in [0.3, 0.4) is 0 Å². The van der Waals surface area contributed by atoms with Gasteiger partial charge in [0.25, 0.3) is 0 Å². The molecule has 80 valence electrons. The Balaban J connectivity index is 0.00000169. The standard InChI is InChI=1S/C9H14N2O2.ClH/c1-13-9-7(3-2-4-11-9)5-8(10)6-12;/h2-4,8,12H,5-6,10H2,1H3;1H. The molecule has 1 aromatic rings. The highest BCUT2D eigenvalue weighted by atomic mass is 35.5. The minimum absolute atomic E-state index is 0. The molecule has 0 saturated heterocycles. The van der Waals surface area contributed by atoms with Gasteiger partial charge in [-0.25, -0.2) is 4.98 Å². The predicted molar refractivity (Wildman–Crippen MR) is 56.8 cm³/mol. The first-order chi connectivity index (χ1) is 6.27. The number of nitrogens with zero attached hydrogens (tertiary/aromatic N) is 1. The predicted octanol–water partition coefficient (Wildman–Crippen LogP) is 0.374. The molecule has 1 aromatic heterocycles. The van der Waals surface area contributed by atoms with Gasteiger partial charge in [-0.2, -0.15) is 0 Å². The van der Waals surface area contributed by atoms with Crippen molar-refractivity contribution >= 4 is 12.4 Å². The fourth-order valence-electron chi connectivity index (χ4n) is 1.11. The average molecular weight is 219 g/mol. The highest BCUT2D eigenvalue weighted by Gasteiger charge is 2.07. The van der Waals surface area contributed by atoms with Crippen molar-refractivity contribution in [3.05, 3.63) is 23.9 Å². The molecule has 5 heteroatoms. The van der Waals surface area contributed by atoms with Crippen molar-refractivity contribution in [2.45, 2.75) is 12.5 Å². The Bertz CT molecular complexity index is 271. The fraction of sp³-hybridized carbons (Fsp3) is 0.444. The van der Waals surface area contributed by atoms with E-state index in [2.05, 4.69) is 4.98 Å². The zero-order chi connectivity index (χ0) is 9.68. The van der Waals surface area contributed by atoms with E-state index in [1.807, 2.05) is 12.1 Å². The third kappa shape index (κ3) is 3.49. The average Bonchev–Trinajstić information content (AvgIpc) is 2.18. The fourth-order valence-corrected chi connectivity index (χ4v) is 1.11. The van der Waals surface area contributed by atoms with Crippen molar-refractivity contribution in [2.75, 3.05) is 13.7 Å². The number of halogens is 1. The number of aliphatic hydroxyl groups is 1. The second-order valence-corrected chi connectivity index (χ2v) is 2.82. The highest BCUT2D eigenvalue weighted by Crippen LogP contribution is 2.14. The van der Waals surface area contributed by atoms with E-state index in [1.165, 1.54) is 0 Å². The van der Waals surface area contributed by atoms with Gasteiger partial charge >= 0.3 is 0 Å². The van der Waals surface area contributed by atoms with Crippen LogP contribution in [0.5, 0.6) is 5.88 Å². The number of aromatic nitrogens is 1. The molecule has 4 nitrogen and oxygen atoms in total. The second kappa shape index (κ2) is 6.59. The number of aliphatic hydroxyl groups excluding tert-OH is 1. The Labute approximate surface area is 89.5 Å². The van der Waals surface area contributed by atoms with E-state index >= 15 is 0 Å². The number of methoxy groups -OCH3 is 1. The summed E-state index contributed by atoms with van der Waals surface area (Å²) in [5, 5.41) is 8.77. The van der Waals surface area contributed by atoms with Gasteiger partial charge in [0.1, 0.15) is 0 Å². The maximum Gasteiger partial charge on any atom is 0.216 e. The maximum atomic E-state index is 8.77. The number of nitrogens with two attached hydrogens (primary N) is 1. The lowest BCUT2D eigenvalue weighted by Crippen LogP contribution is -2.27. The minimum atomic E-state index is -0.252. The molecule has 0 fully saturated rings. The molecular weight excluding hydrogens is 204 g/mol. The summed E-state index contributed by atoms with van der Waals surface area (Å²) in [5.74, 6) is 0.575. The molecule has 0 aromatic carbocycles. The van der Waals surface area contributed by atoms with E-state index in [9.17, 15) is 0 Å². The summed E-state index contributed by atoms with van der Waals surface area (Å²) in [6, 6.07) is 3.46. The smallest absolute Gasteiger partial charge is 0.216 e. The number of pyridine rings is 1. The van der Waals surface area contributed by atoms with Crippen LogP contribution >= 0.6 is 12.4 Å². The van der Waals surface area contributed by atoms with E-state index in [0.29, 0.717) is 12.3 Å². The molecule has 0 saturated carbocycles. The molecule has 3 N–H and O–H groups in total. The molecule has 1 heterocycles. The molecule has 0 spiro atoms. The number of ether oxygens (including phenoxy) is 1. The Morgan fingerprint density at radius 3 is 2.93 bits per heavy atom. The molecule has 0 amide bonds. The summed E-state index contributed by atoms with van der Waals surface area (Å²) in [6.45, 7) is -0.0297. The Morgan fingerprint density at radius 1 is 1.64 bits per heavy atom. The van der Waals surface area contributed by atoms with Crippen LogP contribution in [0.2, 0.25) is 0 Å². The van der Waals surface area contributed by atoms with Crippen LogP contribution in [0.4, 0.5) is 0 Å².